The highest BCUT2D eigenvalue weighted by Gasteiger charge is 2.42. The van der Waals surface area contributed by atoms with Gasteiger partial charge in [0.1, 0.15) is 18.0 Å². The third-order valence-electron chi connectivity index (χ3n) is 15.1. The van der Waals surface area contributed by atoms with Crippen molar-refractivity contribution in [3.63, 3.8) is 0 Å². The second-order valence-corrected chi connectivity index (χ2v) is 23.1. The van der Waals surface area contributed by atoms with E-state index in [2.05, 4.69) is 5.32 Å². The number of methoxy groups -OCH3 is 2. The molecule has 3 heterocycles. The molecule has 18 nitrogen and oxygen atoms in total. The summed E-state index contributed by atoms with van der Waals surface area (Å²) in [6, 6.07) is 35.3. The zero-order valence-electron chi connectivity index (χ0n) is 49.5. The van der Waals surface area contributed by atoms with Crippen molar-refractivity contribution in [1.29, 1.82) is 0 Å². The summed E-state index contributed by atoms with van der Waals surface area (Å²) in [4.78, 5) is 79.1. The fourth-order valence-electron chi connectivity index (χ4n) is 11.1. The first-order valence-electron chi connectivity index (χ1n) is 28.6. The van der Waals surface area contributed by atoms with Gasteiger partial charge >= 0.3 is 17.9 Å². The highest BCUT2D eigenvalue weighted by molar-refractivity contribution is 6.30. The molecule has 2 aliphatic heterocycles. The van der Waals surface area contributed by atoms with Gasteiger partial charge in [-0.2, -0.15) is 0 Å². The van der Waals surface area contributed by atoms with Gasteiger partial charge in [0.25, 0.3) is 11.8 Å². The van der Waals surface area contributed by atoms with Crippen molar-refractivity contribution in [2.24, 2.45) is 11.3 Å². The van der Waals surface area contributed by atoms with Crippen LogP contribution in [0, 0.1) is 17.2 Å². The number of hydrogen-bond donors (Lipinski definition) is 5. The number of halogens is 2. The number of carboxylic acid groups (broad SMARTS) is 2. The lowest BCUT2D eigenvalue weighted by Crippen LogP contribution is -2.48. The van der Waals surface area contributed by atoms with Crippen LogP contribution in [0.1, 0.15) is 119 Å². The highest BCUT2D eigenvalue weighted by atomic mass is 35.5. The molecule has 2 aliphatic rings. The van der Waals surface area contributed by atoms with E-state index in [1.165, 1.54) is 33.3 Å². The summed E-state index contributed by atoms with van der Waals surface area (Å²) < 4.78 is 39.2. The number of carbonyl (C=O) groups is 6. The van der Waals surface area contributed by atoms with E-state index >= 15 is 0 Å². The molecule has 1 fully saturated rings. The number of hydrogen-bond acceptors (Lipinski definition) is 12. The van der Waals surface area contributed by atoms with E-state index in [0.29, 0.717) is 87.3 Å². The molecule has 20 heteroatoms. The quantitative estimate of drug-likeness (QED) is 0.0375. The van der Waals surface area contributed by atoms with Crippen LogP contribution >= 0.6 is 11.6 Å². The second kappa shape index (κ2) is 29.8. The molecule has 1 aromatic heterocycles. The summed E-state index contributed by atoms with van der Waals surface area (Å²) in [5.74, 6) is -3.02. The Morgan fingerprint density at radius 1 is 0.802 bits per heavy atom. The molecule has 4 atom stereocenters. The number of benzene rings is 5. The lowest BCUT2D eigenvalue weighted by Gasteiger charge is -2.34. The number of aliphatic hydroxyl groups is 2. The minimum absolute atomic E-state index is 0.00131. The van der Waals surface area contributed by atoms with Gasteiger partial charge < -0.3 is 59.1 Å². The van der Waals surface area contributed by atoms with Crippen LogP contribution in [0.2, 0.25) is 5.02 Å². The Kier molecular flexibility index (Phi) is 22.7. The van der Waals surface area contributed by atoms with E-state index in [1.807, 2.05) is 99.0 Å². The maximum absolute atomic E-state index is 14.4. The van der Waals surface area contributed by atoms with Crippen LogP contribution < -0.4 is 19.7 Å². The van der Waals surface area contributed by atoms with Crippen molar-refractivity contribution < 1.29 is 72.5 Å². The molecular weight excluding hydrogens is 1130 g/mol. The topological polar surface area (TPSA) is 244 Å². The number of carboxylic acids is 2. The molecule has 0 radical (unpaired) electrons. The third kappa shape index (κ3) is 16.9. The van der Waals surface area contributed by atoms with Crippen molar-refractivity contribution in [3.8, 4) is 33.9 Å². The van der Waals surface area contributed by atoms with Gasteiger partial charge in [0.2, 0.25) is 5.91 Å². The average Bonchev–Trinajstić information content (AvgIpc) is 1.61. The first kappa shape index (κ1) is 65.4. The maximum Gasteiger partial charge on any atom is 0.305 e. The van der Waals surface area contributed by atoms with Crippen LogP contribution in [-0.4, -0.2) is 124 Å². The number of aromatic nitrogens is 1. The van der Waals surface area contributed by atoms with Crippen LogP contribution in [0.15, 0.2) is 121 Å². The van der Waals surface area contributed by atoms with Crippen LogP contribution in [0.25, 0.3) is 22.4 Å². The molecule has 0 saturated carbocycles. The smallest absolute Gasteiger partial charge is 0.305 e. The third-order valence-corrected chi connectivity index (χ3v) is 15.3. The summed E-state index contributed by atoms with van der Waals surface area (Å²) in [7, 11) is 3.04. The van der Waals surface area contributed by atoms with E-state index in [9.17, 15) is 48.5 Å². The van der Waals surface area contributed by atoms with Gasteiger partial charge in [0.05, 0.1) is 57.1 Å². The Balaban J connectivity index is 0.000000247. The molecule has 0 bridgehead atoms. The molecule has 458 valence electrons. The number of esters is 1. The van der Waals surface area contributed by atoms with E-state index < -0.39 is 60.1 Å². The summed E-state index contributed by atoms with van der Waals surface area (Å²) in [6.07, 6.45) is -3.59. The Labute approximate surface area is 505 Å². The Bertz CT molecular complexity index is 3330. The van der Waals surface area contributed by atoms with Crippen LogP contribution in [0.4, 0.5) is 15.8 Å². The molecule has 5 N–H and O–H groups in total. The van der Waals surface area contributed by atoms with E-state index in [0.717, 1.165) is 11.3 Å². The van der Waals surface area contributed by atoms with Gasteiger partial charge in [-0.15, -0.1) is 0 Å². The summed E-state index contributed by atoms with van der Waals surface area (Å²) in [5, 5.41) is 42.4. The number of likely N-dealkylation sites (tertiary alicyclic amines) is 1. The zero-order valence-corrected chi connectivity index (χ0v) is 50.2. The monoisotopic (exact) mass is 1200 g/mol. The number of carbonyl (C=O) groups excluding carboxylic acids is 4. The number of rotatable bonds is 23. The van der Waals surface area contributed by atoms with Crippen LogP contribution in [0.3, 0.4) is 0 Å². The number of nitrogens with zero attached hydrogens (tertiary/aromatic N) is 3. The van der Waals surface area contributed by atoms with Gasteiger partial charge in [-0.05, 0) is 109 Å². The first-order chi connectivity index (χ1) is 41.0. The van der Waals surface area contributed by atoms with Gasteiger partial charge in [-0.1, -0.05) is 100.0 Å². The number of amides is 3. The number of fused-ring (bicyclic) bond motifs is 1. The number of ether oxygens (including phenoxy) is 4. The lowest BCUT2D eigenvalue weighted by atomic mass is 9.92. The standard InChI is InChI=1S/C33H41ClN2O9.C33H35FN2O5/c1-20(37)44-19-33(2,3)18-36-25-10-9-22(34)16-24(25)30(23-7-6-8-26(42-4)31(23)43-5)45-27(32(36)41)17-28(38)35-13-11-21(12-14-35)15-29(39)40;1-21(2)31-30(33(41)35-25-11-7-4-8-12-25)29(22-9-5-3-6-10-22)32(23-13-15-24(34)16-14-23)36(31)18-17-26(37)19-27(38)20-28(39)40/h6-10,16,21,27,30H,11-15,17-19H2,1-5H3,(H,39,40);3-16,21,26-27,37-38H,17-20H2,1-2H3,(H,35,41)(H,39,40)/t27-,30-;26-,27-/m11/s1. The van der Waals surface area contributed by atoms with Crippen LogP contribution in [-0.2, 0) is 40.0 Å². The number of para-hydroxylation sites is 2. The van der Waals surface area contributed by atoms with Gasteiger partial charge in [-0.25, -0.2) is 4.39 Å². The minimum atomic E-state index is -1.19. The molecule has 5 aromatic carbocycles. The minimum Gasteiger partial charge on any atom is -0.493 e. The fraction of sp³-hybridized carbons (Fsp3) is 0.394. The van der Waals surface area contributed by atoms with Crippen molar-refractivity contribution >= 4 is 58.6 Å². The molecule has 8 rings (SSSR count). The summed E-state index contributed by atoms with van der Waals surface area (Å²) in [6.45, 7) is 10.4. The maximum atomic E-state index is 14.4. The lowest BCUT2D eigenvalue weighted by molar-refractivity contribution is -0.145. The summed E-state index contributed by atoms with van der Waals surface area (Å²) >= 11 is 6.51. The van der Waals surface area contributed by atoms with Crippen molar-refractivity contribution in [2.75, 3.05) is 50.7 Å². The Morgan fingerprint density at radius 2 is 1.47 bits per heavy atom. The molecule has 6 aromatic rings. The Morgan fingerprint density at radius 3 is 2.07 bits per heavy atom. The van der Waals surface area contributed by atoms with Gasteiger partial charge in [-0.3, -0.25) is 28.8 Å². The van der Waals surface area contributed by atoms with Gasteiger partial charge in [0, 0.05) is 83.7 Å². The molecule has 1 saturated heterocycles. The second-order valence-electron chi connectivity index (χ2n) is 22.7. The molecule has 86 heavy (non-hydrogen) atoms. The largest absolute Gasteiger partial charge is 0.493 e. The number of aliphatic hydroxyl groups excluding tert-OH is 2. The van der Waals surface area contributed by atoms with E-state index in [1.54, 1.807) is 52.3 Å². The fourth-order valence-corrected chi connectivity index (χ4v) is 11.3. The van der Waals surface area contributed by atoms with Gasteiger partial charge in [0.15, 0.2) is 11.5 Å². The normalized spacial score (nSPS) is 16.0. The zero-order chi connectivity index (χ0) is 62.4. The molecule has 0 aliphatic carbocycles. The van der Waals surface area contributed by atoms with Crippen molar-refractivity contribution in [2.45, 2.75) is 116 Å². The number of aliphatic carboxylic acids is 2. The van der Waals surface area contributed by atoms with E-state index in [-0.39, 0.29) is 74.8 Å². The number of piperidine rings is 1. The Hall–Kier alpha value is -8.10. The summed E-state index contributed by atoms with van der Waals surface area (Å²) in [5.41, 5.74) is 5.83. The number of nitrogens with one attached hydrogen (secondary N) is 1. The SMILES string of the molecule is CC(C)c1c(C(=O)Nc2ccccc2)c(-c2ccccc2)c(-c2ccc(F)cc2)n1CC[C@@H](O)C[C@@H](O)CC(=O)O.COc1cccc([C@H]2O[C@H](CC(=O)N3CCC(CC(=O)O)CC3)C(=O)N(CC(C)(C)COC(C)=O)c3ccc(Cl)cc32)c1OC. The molecule has 3 amide bonds. The molecule has 0 unspecified atom stereocenters. The first-order valence-corrected chi connectivity index (χ1v) is 29.0. The number of anilines is 2. The van der Waals surface area contributed by atoms with Crippen molar-refractivity contribution in [3.05, 3.63) is 155 Å². The molecule has 0 spiro atoms. The van der Waals surface area contributed by atoms with E-state index in [4.69, 9.17) is 35.7 Å². The van der Waals surface area contributed by atoms with Crippen molar-refractivity contribution in [1.82, 2.24) is 9.47 Å². The average molecular weight is 1200 g/mol. The predicted molar refractivity (Wildman–Crippen MR) is 324 cm³/mol. The predicted octanol–water partition coefficient (Wildman–Crippen LogP) is 11.2. The van der Waals surface area contributed by atoms with Crippen LogP contribution in [0.5, 0.6) is 11.5 Å². The highest BCUT2D eigenvalue weighted by Crippen LogP contribution is 2.47. The molecular formula is C66H76ClFN4O14.